The maximum absolute atomic E-state index is 12.5. The Morgan fingerprint density at radius 2 is 1.96 bits per heavy atom. The minimum absolute atomic E-state index is 0.0528. The lowest BCUT2D eigenvalue weighted by Gasteiger charge is -2.20. The average molecular weight is 346 g/mol. The zero-order valence-electron chi connectivity index (χ0n) is 14.3. The molecule has 128 valence electrons. The number of nitrogens with zero attached hydrogens (tertiary/aromatic N) is 1. The summed E-state index contributed by atoms with van der Waals surface area (Å²) in [5.74, 6) is 1.39. The monoisotopic (exact) mass is 346 g/mol. The Kier molecular flexibility index (Phi) is 6.49. The molecular weight excluding hydrogens is 324 g/mol. The van der Waals surface area contributed by atoms with Gasteiger partial charge in [0.1, 0.15) is 11.5 Å². The van der Waals surface area contributed by atoms with E-state index in [2.05, 4.69) is 10.3 Å². The molecule has 2 rings (SSSR count). The highest BCUT2D eigenvalue weighted by Gasteiger charge is 2.20. The van der Waals surface area contributed by atoms with Gasteiger partial charge in [-0.2, -0.15) is 0 Å². The van der Waals surface area contributed by atoms with Gasteiger partial charge >= 0.3 is 0 Å². The maximum atomic E-state index is 12.5. The second kappa shape index (κ2) is 8.59. The van der Waals surface area contributed by atoms with Crippen LogP contribution in [0.15, 0.2) is 47.6 Å². The van der Waals surface area contributed by atoms with E-state index in [9.17, 15) is 4.79 Å². The first-order valence-electron chi connectivity index (χ1n) is 7.65. The number of ether oxygens (including phenoxy) is 2. The first-order valence-corrected chi connectivity index (χ1v) is 8.53. The number of amides is 1. The summed E-state index contributed by atoms with van der Waals surface area (Å²) >= 11 is 1.43. The molecule has 0 aliphatic rings. The molecular formula is C18H22N2O3S. The summed E-state index contributed by atoms with van der Waals surface area (Å²) < 4.78 is 10.6. The SMILES string of the molecule is COc1ccc(OC)c([C@@H](C)NC(=O)[C@H](C)Sc2ccccn2)c1. The molecule has 0 bridgehead atoms. The molecule has 6 heteroatoms. The van der Waals surface area contributed by atoms with Crippen LogP contribution in [-0.2, 0) is 4.79 Å². The Hall–Kier alpha value is -2.21. The summed E-state index contributed by atoms with van der Waals surface area (Å²) in [5, 5.41) is 3.59. The molecule has 5 nitrogen and oxygen atoms in total. The molecule has 0 saturated heterocycles. The molecule has 0 spiro atoms. The number of carbonyl (C=O) groups excluding carboxylic acids is 1. The van der Waals surface area contributed by atoms with E-state index in [1.807, 2.05) is 50.2 Å². The van der Waals surface area contributed by atoms with E-state index in [0.29, 0.717) is 5.75 Å². The summed E-state index contributed by atoms with van der Waals surface area (Å²) in [4.78, 5) is 16.7. The molecule has 1 aromatic carbocycles. The van der Waals surface area contributed by atoms with Gasteiger partial charge in [0, 0.05) is 11.8 Å². The Morgan fingerprint density at radius 1 is 1.17 bits per heavy atom. The Bertz CT molecular complexity index is 679. The molecule has 1 N–H and O–H groups in total. The predicted molar refractivity (Wildman–Crippen MR) is 95.7 cm³/mol. The van der Waals surface area contributed by atoms with Gasteiger partial charge in [-0.15, -0.1) is 0 Å². The lowest BCUT2D eigenvalue weighted by atomic mass is 10.1. The summed E-state index contributed by atoms with van der Waals surface area (Å²) in [6.45, 7) is 3.79. The lowest BCUT2D eigenvalue weighted by molar-refractivity contribution is -0.120. The van der Waals surface area contributed by atoms with Crippen LogP contribution in [0.25, 0.3) is 0 Å². The number of thioether (sulfide) groups is 1. The van der Waals surface area contributed by atoms with E-state index < -0.39 is 0 Å². The first-order chi connectivity index (χ1) is 11.5. The van der Waals surface area contributed by atoms with Crippen molar-refractivity contribution in [2.75, 3.05) is 14.2 Å². The van der Waals surface area contributed by atoms with Crippen LogP contribution in [0, 0.1) is 0 Å². The van der Waals surface area contributed by atoms with Crippen molar-refractivity contribution in [3.05, 3.63) is 48.2 Å². The largest absolute Gasteiger partial charge is 0.497 e. The van der Waals surface area contributed by atoms with Gasteiger partial charge in [-0.1, -0.05) is 17.8 Å². The highest BCUT2D eigenvalue weighted by atomic mass is 32.2. The Balaban J connectivity index is 2.05. The van der Waals surface area contributed by atoms with Crippen LogP contribution >= 0.6 is 11.8 Å². The molecule has 0 aliphatic heterocycles. The van der Waals surface area contributed by atoms with Gasteiger partial charge in [-0.25, -0.2) is 4.98 Å². The fraction of sp³-hybridized carbons (Fsp3) is 0.333. The third-order valence-corrected chi connectivity index (χ3v) is 4.62. The van der Waals surface area contributed by atoms with E-state index in [1.165, 1.54) is 11.8 Å². The van der Waals surface area contributed by atoms with Crippen molar-refractivity contribution in [3.63, 3.8) is 0 Å². The van der Waals surface area contributed by atoms with Crippen LogP contribution in [0.3, 0.4) is 0 Å². The highest BCUT2D eigenvalue weighted by molar-refractivity contribution is 8.00. The van der Waals surface area contributed by atoms with Gasteiger partial charge in [-0.3, -0.25) is 4.79 Å². The Morgan fingerprint density at radius 3 is 2.58 bits per heavy atom. The standard InChI is InChI=1S/C18H22N2O3S/c1-12(15-11-14(22-3)8-9-16(15)23-4)20-18(21)13(2)24-17-7-5-6-10-19-17/h5-13H,1-4H3,(H,20,21)/t12-,13+/m1/s1. The third-order valence-electron chi connectivity index (χ3n) is 3.57. The molecule has 0 saturated carbocycles. The molecule has 2 atom stereocenters. The quantitative estimate of drug-likeness (QED) is 0.778. The second-order valence-corrected chi connectivity index (χ2v) is 6.63. The van der Waals surface area contributed by atoms with Crippen molar-refractivity contribution in [2.45, 2.75) is 30.2 Å². The molecule has 24 heavy (non-hydrogen) atoms. The van der Waals surface area contributed by atoms with Crippen molar-refractivity contribution in [1.29, 1.82) is 0 Å². The van der Waals surface area contributed by atoms with Crippen molar-refractivity contribution >= 4 is 17.7 Å². The number of carbonyl (C=O) groups is 1. The minimum atomic E-state index is -0.251. The molecule has 0 aliphatic carbocycles. The first kappa shape index (κ1) is 18.1. The number of pyridine rings is 1. The topological polar surface area (TPSA) is 60.5 Å². The zero-order valence-corrected chi connectivity index (χ0v) is 15.1. The predicted octanol–water partition coefficient (Wildman–Crippen LogP) is 3.46. The van der Waals surface area contributed by atoms with Gasteiger partial charge < -0.3 is 14.8 Å². The van der Waals surface area contributed by atoms with Crippen molar-refractivity contribution < 1.29 is 14.3 Å². The number of rotatable bonds is 7. The molecule has 0 radical (unpaired) electrons. The average Bonchev–Trinajstić information content (AvgIpc) is 2.61. The lowest BCUT2D eigenvalue weighted by Crippen LogP contribution is -2.33. The number of benzene rings is 1. The number of aromatic nitrogens is 1. The smallest absolute Gasteiger partial charge is 0.233 e. The van der Waals surface area contributed by atoms with Crippen LogP contribution < -0.4 is 14.8 Å². The van der Waals surface area contributed by atoms with Crippen LogP contribution in [0.2, 0.25) is 0 Å². The molecule has 0 unspecified atom stereocenters. The third kappa shape index (κ3) is 4.64. The number of methoxy groups -OCH3 is 2. The van der Waals surface area contributed by atoms with E-state index in [-0.39, 0.29) is 17.2 Å². The fourth-order valence-electron chi connectivity index (χ4n) is 2.24. The second-order valence-electron chi connectivity index (χ2n) is 5.27. The van der Waals surface area contributed by atoms with Gasteiger partial charge in [0.05, 0.1) is 30.5 Å². The fourth-order valence-corrected chi connectivity index (χ4v) is 3.05. The van der Waals surface area contributed by atoms with Crippen LogP contribution in [-0.4, -0.2) is 30.4 Å². The van der Waals surface area contributed by atoms with Crippen LogP contribution in [0.1, 0.15) is 25.5 Å². The molecule has 0 fully saturated rings. The van der Waals surface area contributed by atoms with Crippen molar-refractivity contribution in [2.24, 2.45) is 0 Å². The summed E-state index contributed by atoms with van der Waals surface area (Å²) in [7, 11) is 3.22. The van der Waals surface area contributed by atoms with Gasteiger partial charge in [0.15, 0.2) is 0 Å². The van der Waals surface area contributed by atoms with Crippen LogP contribution in [0.5, 0.6) is 11.5 Å². The summed E-state index contributed by atoms with van der Waals surface area (Å²) in [5.41, 5.74) is 0.875. The summed E-state index contributed by atoms with van der Waals surface area (Å²) in [6, 6.07) is 11.0. The van der Waals surface area contributed by atoms with E-state index in [4.69, 9.17) is 9.47 Å². The number of hydrogen-bond acceptors (Lipinski definition) is 5. The van der Waals surface area contributed by atoms with E-state index in [1.54, 1.807) is 20.4 Å². The normalized spacial score (nSPS) is 13.0. The molecule has 1 heterocycles. The van der Waals surface area contributed by atoms with Gasteiger partial charge in [0.25, 0.3) is 0 Å². The Labute approximate surface area is 146 Å². The van der Waals surface area contributed by atoms with Crippen molar-refractivity contribution in [1.82, 2.24) is 10.3 Å². The van der Waals surface area contributed by atoms with E-state index in [0.717, 1.165) is 16.3 Å². The summed E-state index contributed by atoms with van der Waals surface area (Å²) in [6.07, 6.45) is 1.72. The van der Waals surface area contributed by atoms with Gasteiger partial charge in [-0.05, 0) is 44.2 Å². The van der Waals surface area contributed by atoms with Gasteiger partial charge in [0.2, 0.25) is 5.91 Å². The number of nitrogens with one attached hydrogen (secondary N) is 1. The minimum Gasteiger partial charge on any atom is -0.497 e. The van der Waals surface area contributed by atoms with E-state index >= 15 is 0 Å². The molecule has 1 amide bonds. The number of hydrogen-bond donors (Lipinski definition) is 1. The highest BCUT2D eigenvalue weighted by Crippen LogP contribution is 2.30. The molecule has 1 aromatic heterocycles. The van der Waals surface area contributed by atoms with Crippen molar-refractivity contribution in [3.8, 4) is 11.5 Å². The molecule has 2 aromatic rings. The zero-order chi connectivity index (χ0) is 17.5. The maximum Gasteiger partial charge on any atom is 0.233 e. The van der Waals surface area contributed by atoms with Crippen LogP contribution in [0.4, 0.5) is 0 Å².